The van der Waals surface area contributed by atoms with Crippen molar-refractivity contribution in [2.75, 3.05) is 43.4 Å². The third-order valence-electron chi connectivity index (χ3n) is 5.04. The predicted molar refractivity (Wildman–Crippen MR) is 88.6 cm³/mol. The lowest BCUT2D eigenvalue weighted by Crippen LogP contribution is -2.62. The van der Waals surface area contributed by atoms with E-state index in [9.17, 15) is 0 Å². The van der Waals surface area contributed by atoms with E-state index < -0.39 is 0 Å². The third kappa shape index (κ3) is 2.45. The van der Waals surface area contributed by atoms with Crippen molar-refractivity contribution in [3.05, 3.63) is 30.3 Å². The van der Waals surface area contributed by atoms with Crippen LogP contribution in [-0.2, 0) is 0 Å². The molecule has 3 rings (SSSR count). The average molecular weight is 291 g/mol. The summed E-state index contributed by atoms with van der Waals surface area (Å²) in [6, 6.07) is 10.8. The quantitative estimate of drug-likeness (QED) is 0.924. The Kier molecular flexibility index (Phi) is 4.24. The van der Waals surface area contributed by atoms with Crippen LogP contribution in [0.2, 0.25) is 0 Å². The van der Waals surface area contributed by atoms with E-state index in [1.807, 2.05) is 0 Å². The van der Waals surface area contributed by atoms with Crippen LogP contribution in [0.5, 0.6) is 0 Å². The lowest BCUT2D eigenvalue weighted by molar-refractivity contribution is 0.0904. The van der Waals surface area contributed by atoms with Crippen LogP contribution in [0, 0.1) is 0 Å². The molecule has 2 N–H and O–H groups in total. The van der Waals surface area contributed by atoms with Gasteiger partial charge in [0, 0.05) is 49.2 Å². The van der Waals surface area contributed by atoms with Gasteiger partial charge < -0.3 is 10.6 Å². The van der Waals surface area contributed by atoms with Gasteiger partial charge in [0.15, 0.2) is 0 Å². The number of hydrogen-bond acceptors (Lipinski definition) is 4. The number of anilines is 1. The minimum Gasteiger partial charge on any atom is -0.369 e. The summed E-state index contributed by atoms with van der Waals surface area (Å²) in [5.41, 5.74) is 7.76. The largest absolute Gasteiger partial charge is 0.369 e. The second-order valence-electron chi connectivity index (χ2n) is 5.88. The van der Waals surface area contributed by atoms with Crippen molar-refractivity contribution in [3.63, 3.8) is 0 Å². The summed E-state index contributed by atoms with van der Waals surface area (Å²) in [6.07, 6.45) is 1.25. The van der Waals surface area contributed by atoms with Crippen LogP contribution in [0.3, 0.4) is 0 Å². The van der Waals surface area contributed by atoms with E-state index in [2.05, 4.69) is 58.8 Å². The van der Waals surface area contributed by atoms with Crippen LogP contribution in [0.25, 0.3) is 0 Å². The molecule has 0 saturated carbocycles. The molecule has 0 aromatic heterocycles. The fraction of sp³-hybridized carbons (Fsp3) is 0.625. The van der Waals surface area contributed by atoms with Gasteiger partial charge in [-0.3, -0.25) is 4.90 Å². The first kappa shape index (κ1) is 14.2. The summed E-state index contributed by atoms with van der Waals surface area (Å²) in [5, 5.41) is 0.663. The highest BCUT2D eigenvalue weighted by atomic mass is 32.2. The average Bonchev–Trinajstić information content (AvgIpc) is 2.90. The number of nitrogens with zero attached hydrogens (tertiary/aromatic N) is 2. The van der Waals surface area contributed by atoms with E-state index >= 15 is 0 Å². The number of piperazine rings is 1. The Morgan fingerprint density at radius 3 is 2.45 bits per heavy atom. The molecule has 3 nitrogen and oxygen atoms in total. The molecule has 2 atom stereocenters. The summed E-state index contributed by atoms with van der Waals surface area (Å²) < 4.78 is 0. The number of thioether (sulfide) groups is 1. The maximum atomic E-state index is 6.17. The zero-order chi connectivity index (χ0) is 14.0. The smallest absolute Gasteiger partial charge is 0.0456 e. The minimum atomic E-state index is 0.243. The molecule has 2 saturated heterocycles. The van der Waals surface area contributed by atoms with Gasteiger partial charge in [-0.15, -0.1) is 0 Å². The van der Waals surface area contributed by atoms with Gasteiger partial charge in [-0.05, 0) is 24.3 Å². The van der Waals surface area contributed by atoms with Gasteiger partial charge >= 0.3 is 0 Å². The van der Waals surface area contributed by atoms with Crippen molar-refractivity contribution in [2.45, 2.75) is 24.1 Å². The Labute approximate surface area is 126 Å². The Balaban J connectivity index is 1.66. The summed E-state index contributed by atoms with van der Waals surface area (Å²) in [7, 11) is 0. The van der Waals surface area contributed by atoms with Crippen molar-refractivity contribution < 1.29 is 0 Å². The van der Waals surface area contributed by atoms with Crippen LogP contribution in [0.15, 0.2) is 30.3 Å². The van der Waals surface area contributed by atoms with Gasteiger partial charge in [-0.25, -0.2) is 0 Å². The Morgan fingerprint density at radius 2 is 1.90 bits per heavy atom. The van der Waals surface area contributed by atoms with Gasteiger partial charge in [0.1, 0.15) is 0 Å². The number of nitrogens with two attached hydrogens (primary N) is 1. The summed E-state index contributed by atoms with van der Waals surface area (Å²) in [6.45, 7) is 7.65. The molecule has 0 spiro atoms. The van der Waals surface area contributed by atoms with Crippen LogP contribution in [0.1, 0.15) is 13.3 Å². The molecule has 0 aliphatic carbocycles. The summed E-state index contributed by atoms with van der Waals surface area (Å²) in [5.74, 6) is 1.26. The topological polar surface area (TPSA) is 32.5 Å². The number of rotatable bonds is 3. The molecule has 2 aliphatic heterocycles. The molecule has 2 unspecified atom stereocenters. The second-order valence-corrected chi connectivity index (χ2v) is 7.33. The van der Waals surface area contributed by atoms with E-state index in [4.69, 9.17) is 5.73 Å². The molecule has 4 heteroatoms. The Morgan fingerprint density at radius 1 is 1.20 bits per heavy atom. The molecule has 1 aromatic carbocycles. The van der Waals surface area contributed by atoms with Gasteiger partial charge in [0.05, 0.1) is 0 Å². The van der Waals surface area contributed by atoms with E-state index in [1.165, 1.54) is 17.9 Å². The van der Waals surface area contributed by atoms with E-state index in [0.29, 0.717) is 5.25 Å². The van der Waals surface area contributed by atoms with Crippen molar-refractivity contribution in [1.82, 2.24) is 4.90 Å². The minimum absolute atomic E-state index is 0.243. The first-order valence-electron chi connectivity index (χ1n) is 7.63. The molecule has 0 bridgehead atoms. The molecule has 1 aromatic rings. The first-order chi connectivity index (χ1) is 9.76. The SMILES string of the molecule is CC1SCCC1(CN)N1CCN(c2ccccc2)CC1. The predicted octanol–water partition coefficient (Wildman–Crippen LogP) is 2.03. The van der Waals surface area contributed by atoms with Crippen molar-refractivity contribution in [2.24, 2.45) is 5.73 Å². The molecular formula is C16H25N3S. The lowest BCUT2D eigenvalue weighted by Gasteiger charge is -2.48. The lowest BCUT2D eigenvalue weighted by atomic mass is 9.89. The van der Waals surface area contributed by atoms with Crippen molar-refractivity contribution >= 4 is 17.4 Å². The Bertz CT molecular complexity index is 431. The van der Waals surface area contributed by atoms with Crippen molar-refractivity contribution in [1.29, 1.82) is 0 Å². The molecule has 2 fully saturated rings. The third-order valence-corrected chi connectivity index (χ3v) is 6.42. The number of hydrogen-bond donors (Lipinski definition) is 1. The summed E-state index contributed by atoms with van der Waals surface area (Å²) in [4.78, 5) is 5.16. The van der Waals surface area contributed by atoms with Gasteiger partial charge in [0.2, 0.25) is 0 Å². The van der Waals surface area contributed by atoms with Gasteiger partial charge in [-0.1, -0.05) is 25.1 Å². The molecule has 110 valence electrons. The van der Waals surface area contributed by atoms with E-state index in [-0.39, 0.29) is 5.54 Å². The maximum absolute atomic E-state index is 6.17. The highest BCUT2D eigenvalue weighted by molar-refractivity contribution is 8.00. The highest BCUT2D eigenvalue weighted by Gasteiger charge is 2.45. The fourth-order valence-corrected chi connectivity index (χ4v) is 5.13. The monoisotopic (exact) mass is 291 g/mol. The van der Waals surface area contributed by atoms with E-state index in [0.717, 1.165) is 32.7 Å². The Hall–Kier alpha value is -0.710. The van der Waals surface area contributed by atoms with Crippen LogP contribution in [0.4, 0.5) is 5.69 Å². The van der Waals surface area contributed by atoms with Gasteiger partial charge in [0.25, 0.3) is 0 Å². The molecular weight excluding hydrogens is 266 g/mol. The van der Waals surface area contributed by atoms with Gasteiger partial charge in [-0.2, -0.15) is 11.8 Å². The highest BCUT2D eigenvalue weighted by Crippen LogP contribution is 2.40. The van der Waals surface area contributed by atoms with E-state index in [1.54, 1.807) is 0 Å². The number of benzene rings is 1. The molecule has 2 aliphatic rings. The molecule has 0 amide bonds. The maximum Gasteiger partial charge on any atom is 0.0456 e. The zero-order valence-corrected chi connectivity index (χ0v) is 13.1. The molecule has 0 radical (unpaired) electrons. The first-order valence-corrected chi connectivity index (χ1v) is 8.68. The zero-order valence-electron chi connectivity index (χ0n) is 12.3. The standard InChI is InChI=1S/C16H25N3S/c1-14-16(13-17,7-12-20-14)19-10-8-18(9-11-19)15-5-3-2-4-6-15/h2-6,14H,7-13,17H2,1H3. The summed E-state index contributed by atoms with van der Waals surface area (Å²) >= 11 is 2.08. The van der Waals surface area contributed by atoms with Crippen LogP contribution >= 0.6 is 11.8 Å². The fourth-order valence-electron chi connectivity index (χ4n) is 3.63. The number of para-hydroxylation sites is 1. The normalized spacial score (nSPS) is 31.7. The molecule has 2 heterocycles. The van der Waals surface area contributed by atoms with Crippen molar-refractivity contribution in [3.8, 4) is 0 Å². The second kappa shape index (κ2) is 5.96. The molecule has 20 heavy (non-hydrogen) atoms. The van der Waals surface area contributed by atoms with Crippen LogP contribution < -0.4 is 10.6 Å². The van der Waals surface area contributed by atoms with Crippen LogP contribution in [-0.4, -0.2) is 54.2 Å².